The maximum atomic E-state index is 8.99. The molecule has 0 fully saturated rings. The molecule has 12 nitrogen and oxygen atoms in total. The topological polar surface area (TPSA) is 64.7 Å². The van der Waals surface area contributed by atoms with Gasteiger partial charge in [0.1, 0.15) is 0 Å². The van der Waals surface area contributed by atoms with Crippen LogP contribution in [-0.4, -0.2) is 59.9 Å². The van der Waals surface area contributed by atoms with Crippen molar-refractivity contribution in [2.24, 2.45) is 0 Å². The minimum atomic E-state index is 0. The number of nitrogens with zero attached hydrogens (tertiary/aromatic N) is 10. The van der Waals surface area contributed by atoms with Crippen LogP contribution in [0.3, 0.4) is 0 Å². The van der Waals surface area contributed by atoms with Gasteiger partial charge >= 0.3 is 63.2 Å². The van der Waals surface area contributed by atoms with E-state index in [9.17, 15) is 0 Å². The number of aliphatic hydroxyl groups is 1. The van der Waals surface area contributed by atoms with Crippen molar-refractivity contribution in [3.8, 4) is 11.1 Å². The molecule has 5 heterocycles. The van der Waals surface area contributed by atoms with Crippen molar-refractivity contribution < 1.29 is 109 Å². The Balaban J connectivity index is 0.000000263. The third-order valence-electron chi connectivity index (χ3n) is 11.7. The fourth-order valence-corrected chi connectivity index (χ4v) is 7.83. The Hall–Kier alpha value is -5.48. The van der Waals surface area contributed by atoms with E-state index in [1.807, 2.05) is 268 Å². The zero-order valence-corrected chi connectivity index (χ0v) is 56.8. The first-order valence-corrected chi connectivity index (χ1v) is 24.8. The number of aliphatic hydroxyl groups excluding tert-OH is 1. The Kier molecular flexibility index (Phi) is 31.8. The van der Waals surface area contributed by atoms with E-state index in [-0.39, 0.29) is 110 Å². The molecule has 5 aliphatic rings. The normalized spacial score (nSPS) is 14.0. The molecular formula is C64H63Ir2N11OPt3-4. The van der Waals surface area contributed by atoms with Crippen molar-refractivity contribution >= 4 is 34.1 Å². The van der Waals surface area contributed by atoms with Gasteiger partial charge in [-0.1, -0.05) is 48.5 Å². The monoisotopic (exact) mass is 1970 g/mol. The van der Waals surface area contributed by atoms with E-state index >= 15 is 0 Å². The smallest absolute Gasteiger partial charge is 0.510 e. The van der Waals surface area contributed by atoms with Crippen LogP contribution in [0.4, 0.5) is 34.1 Å². The fraction of sp³-hybridized carbons (Fsp3) is 0.109. The summed E-state index contributed by atoms with van der Waals surface area (Å²) in [7, 11) is 9.93. The van der Waals surface area contributed by atoms with Gasteiger partial charge in [0.2, 0.25) is 0 Å². The first-order chi connectivity index (χ1) is 37.2. The fourth-order valence-electron chi connectivity index (χ4n) is 7.83. The molecule has 432 valence electrons. The second-order valence-electron chi connectivity index (χ2n) is 17.7. The number of nitrogens with one attached hydrogen (secondary N) is 1. The molecule has 7 aromatic carbocycles. The van der Waals surface area contributed by atoms with Gasteiger partial charge in [-0.2, -0.15) is 142 Å². The molecule has 0 spiro atoms. The van der Waals surface area contributed by atoms with Crippen LogP contribution >= 0.6 is 0 Å². The number of rotatable bonds is 10. The molecule has 7 aromatic rings. The van der Waals surface area contributed by atoms with E-state index < -0.39 is 0 Å². The molecule has 12 rings (SSSR count). The van der Waals surface area contributed by atoms with Crippen molar-refractivity contribution in [2.45, 2.75) is 13.2 Å². The summed E-state index contributed by atoms with van der Waals surface area (Å²) in [5, 5.41) is 12.1. The molecular weight excluding hydrogens is 1910 g/mol. The molecule has 0 aromatic heterocycles. The van der Waals surface area contributed by atoms with Crippen molar-refractivity contribution in [3.63, 3.8) is 0 Å². The van der Waals surface area contributed by atoms with Crippen molar-refractivity contribution in [1.82, 2.24) is 24.9 Å². The second-order valence-corrected chi connectivity index (χ2v) is 17.7. The number of hydrogen-bond donors (Lipinski definition) is 2. The van der Waals surface area contributed by atoms with Gasteiger partial charge in [-0.25, -0.2) is 0 Å². The average Bonchev–Trinajstić information content (AvgIpc) is 4.39. The first-order valence-electron chi connectivity index (χ1n) is 24.8. The van der Waals surface area contributed by atoms with E-state index in [2.05, 4.69) is 111 Å². The summed E-state index contributed by atoms with van der Waals surface area (Å²) in [6.07, 6.45) is 20.1. The minimum Gasteiger partial charge on any atom is -0.510 e. The molecule has 5 aliphatic heterocycles. The van der Waals surface area contributed by atoms with Crippen LogP contribution in [0.1, 0.15) is 11.1 Å². The summed E-state index contributed by atoms with van der Waals surface area (Å²) in [6.45, 7) is 11.0. The molecule has 0 bridgehead atoms. The minimum absolute atomic E-state index is 0. The molecule has 2 N–H and O–H groups in total. The molecule has 0 saturated carbocycles. The maximum absolute atomic E-state index is 8.99. The van der Waals surface area contributed by atoms with Gasteiger partial charge in [-0.05, 0) is 121 Å². The zero-order valence-electron chi connectivity index (χ0n) is 45.2. The largest absolute Gasteiger partial charge is 2.00 e. The van der Waals surface area contributed by atoms with Crippen LogP contribution in [0.2, 0.25) is 0 Å². The number of hydrogen-bond acceptors (Lipinski definition) is 12. The van der Waals surface area contributed by atoms with E-state index in [1.54, 1.807) is 0 Å². The second kappa shape index (κ2) is 36.9. The SMILES string of the molecule is CN1C=CN(c2[c-]ccc(-c3ccccc3)c2)[CH-]1.CN1C=CN(c2[c-]ccc(CO)c2)[CH-]1.CN1C=CN(c2[c-]cccc2)[CH-]1.CNCc1cc[c-]c(N2C=CN(C)[CH-]2)c1.[Ir].[Ir].[Pt+2].[Pt+2].[Pt+2].[c-]1ccccc1N1C=CN(c2ccccc2)[CH-]1. The molecule has 2 radical (unpaired) electrons. The van der Waals surface area contributed by atoms with Crippen LogP contribution in [0, 0.1) is 63.7 Å². The van der Waals surface area contributed by atoms with Crippen LogP contribution < -0.4 is 34.7 Å². The third-order valence-corrected chi connectivity index (χ3v) is 11.7. The summed E-state index contributed by atoms with van der Waals surface area (Å²) < 4.78 is 0. The quantitative estimate of drug-likeness (QED) is 0.128. The third kappa shape index (κ3) is 21.7. The summed E-state index contributed by atoms with van der Waals surface area (Å²) in [5.41, 5.74) is 10.9. The standard InChI is InChI=1S/C16H14N2.C15H12N2.C12H15N3.C11H12N2O.C10H10N2.2Ir.3Pt/c1-17-10-11-18(13-17)16-9-5-8-15(12-16)14-6-3-2-4-7-14;1-3-7-14(8-4-1)16-11-12-17(13-16)15-9-5-2-6-10-15;1-13-9-11-4-3-5-12(8-11)15-7-6-14(2)10-15;1-12-5-6-13(9-12)11-4-2-3-10(7-11)8-14;1-11-7-8-12(9-11)10-5-3-2-4-6-10;;;;;/h2-8,10-13H,1H3;1-9,11-13H;3-4,6-8,10,13H,9H2,1-2H3;2-3,5-7,9,14H,8H2,1H3;2-5,7-9H,1H3;;;;;/q5*-2;;;3*+2. The Labute approximate surface area is 551 Å². The van der Waals surface area contributed by atoms with Crippen LogP contribution in [0.5, 0.6) is 0 Å². The van der Waals surface area contributed by atoms with E-state index in [0.29, 0.717) is 0 Å². The van der Waals surface area contributed by atoms with Gasteiger partial charge in [0.15, 0.2) is 0 Å². The van der Waals surface area contributed by atoms with E-state index in [4.69, 9.17) is 5.11 Å². The average molecular weight is 1970 g/mol. The summed E-state index contributed by atoms with van der Waals surface area (Å²) in [5.74, 6) is 0. The molecule has 0 aliphatic carbocycles. The molecule has 0 amide bonds. The number of para-hydroxylation sites is 3. The Morgan fingerprint density at radius 3 is 1.17 bits per heavy atom. The van der Waals surface area contributed by atoms with Crippen molar-refractivity contribution in [3.05, 3.63) is 301 Å². The number of anilines is 6. The van der Waals surface area contributed by atoms with Gasteiger partial charge in [0.05, 0.1) is 0 Å². The Morgan fingerprint density at radius 2 is 0.741 bits per heavy atom. The van der Waals surface area contributed by atoms with Gasteiger partial charge < -0.3 is 59.4 Å². The molecule has 0 atom stereocenters. The molecule has 81 heavy (non-hydrogen) atoms. The first kappa shape index (κ1) is 69.8. The van der Waals surface area contributed by atoms with Crippen molar-refractivity contribution in [2.75, 3.05) is 64.6 Å². The van der Waals surface area contributed by atoms with Crippen LogP contribution in [0.15, 0.2) is 226 Å². The molecule has 0 saturated heterocycles. The summed E-state index contributed by atoms with van der Waals surface area (Å²) >= 11 is 0. The Morgan fingerprint density at radius 1 is 0.370 bits per heavy atom. The molecule has 0 unspecified atom stereocenters. The predicted molar refractivity (Wildman–Crippen MR) is 310 cm³/mol. The van der Waals surface area contributed by atoms with Gasteiger partial charge in [0, 0.05) is 52.5 Å². The van der Waals surface area contributed by atoms with E-state index in [0.717, 1.165) is 46.2 Å². The van der Waals surface area contributed by atoms with Crippen LogP contribution in [0.25, 0.3) is 11.1 Å². The van der Waals surface area contributed by atoms with Crippen molar-refractivity contribution in [1.29, 1.82) is 0 Å². The zero-order chi connectivity index (χ0) is 52.9. The maximum Gasteiger partial charge on any atom is 2.00 e. The van der Waals surface area contributed by atoms with Gasteiger partial charge in [-0.15, -0.1) is 70.0 Å². The van der Waals surface area contributed by atoms with Crippen LogP contribution in [-0.2, 0) is 117 Å². The van der Waals surface area contributed by atoms with Gasteiger partial charge in [-0.3, -0.25) is 0 Å². The summed E-state index contributed by atoms with van der Waals surface area (Å²) in [6, 6.07) is 70.4. The van der Waals surface area contributed by atoms with E-state index in [1.165, 1.54) is 16.7 Å². The summed E-state index contributed by atoms with van der Waals surface area (Å²) in [4.78, 5) is 20.2. The Bertz CT molecular complexity index is 2970. The predicted octanol–water partition coefficient (Wildman–Crippen LogP) is 11.6. The number of benzene rings is 7. The molecule has 17 heteroatoms. The van der Waals surface area contributed by atoms with Gasteiger partial charge in [0.25, 0.3) is 0 Å².